The molecule has 0 aliphatic heterocycles. The van der Waals surface area contributed by atoms with Gasteiger partial charge in [0.2, 0.25) is 5.91 Å². The van der Waals surface area contributed by atoms with Crippen LogP contribution in [0.25, 0.3) is 0 Å². The Balaban J connectivity index is 1.93. The number of nitrogens with one attached hydrogen (secondary N) is 1. The maximum atomic E-state index is 12.9. The molecular formula is C17H19FN2O. The second-order valence-corrected chi connectivity index (χ2v) is 5.05. The van der Waals surface area contributed by atoms with Gasteiger partial charge in [-0.3, -0.25) is 4.79 Å². The van der Waals surface area contributed by atoms with Gasteiger partial charge in [0.1, 0.15) is 11.9 Å². The number of hydrogen-bond acceptors (Lipinski definition) is 2. The second-order valence-electron chi connectivity index (χ2n) is 5.05. The number of nitrogens with zero attached hydrogens (tertiary/aromatic N) is 1. The minimum absolute atomic E-state index is 0.0109. The summed E-state index contributed by atoms with van der Waals surface area (Å²) in [7, 11) is 1.78. The number of halogens is 1. The quantitative estimate of drug-likeness (QED) is 0.914. The Kier molecular flexibility index (Phi) is 4.93. The number of likely N-dealkylation sites (N-methyl/N-ethyl adjacent to an activating group) is 1. The van der Waals surface area contributed by atoms with E-state index in [-0.39, 0.29) is 17.8 Å². The minimum atomic E-state index is -0.371. The largest absolute Gasteiger partial charge is 0.374 e. The first kappa shape index (κ1) is 15.0. The molecule has 2 aromatic carbocycles. The number of amides is 1. The molecule has 0 saturated carbocycles. The van der Waals surface area contributed by atoms with Crippen LogP contribution in [0.15, 0.2) is 54.6 Å². The van der Waals surface area contributed by atoms with Crippen LogP contribution in [0.3, 0.4) is 0 Å². The van der Waals surface area contributed by atoms with Gasteiger partial charge >= 0.3 is 0 Å². The van der Waals surface area contributed by atoms with Crippen molar-refractivity contribution in [3.8, 4) is 0 Å². The van der Waals surface area contributed by atoms with Crippen LogP contribution in [0.2, 0.25) is 0 Å². The molecule has 2 rings (SSSR count). The summed E-state index contributed by atoms with van der Waals surface area (Å²) in [6.07, 6.45) is 0. The number of hydrogen-bond donors (Lipinski definition) is 1. The van der Waals surface area contributed by atoms with Gasteiger partial charge in [0.15, 0.2) is 0 Å². The number of carbonyl (C=O) groups excluding carboxylic acids is 1. The first-order valence-corrected chi connectivity index (χ1v) is 6.87. The zero-order chi connectivity index (χ0) is 15.2. The predicted octanol–water partition coefficient (Wildman–Crippen LogP) is 3.28. The van der Waals surface area contributed by atoms with E-state index in [1.165, 1.54) is 12.1 Å². The first-order valence-electron chi connectivity index (χ1n) is 6.87. The molecule has 3 nitrogen and oxygen atoms in total. The van der Waals surface area contributed by atoms with Crippen molar-refractivity contribution in [2.45, 2.75) is 19.5 Å². The monoisotopic (exact) mass is 286 g/mol. The lowest BCUT2D eigenvalue weighted by Crippen LogP contribution is -2.38. The highest BCUT2D eigenvalue weighted by atomic mass is 19.1. The highest BCUT2D eigenvalue weighted by Gasteiger charge is 2.17. The summed E-state index contributed by atoms with van der Waals surface area (Å²) in [5, 5.41) is 3.08. The molecule has 0 spiro atoms. The van der Waals surface area contributed by atoms with Gasteiger partial charge in [0.25, 0.3) is 0 Å². The summed E-state index contributed by atoms with van der Waals surface area (Å²) >= 11 is 0. The molecular weight excluding hydrogens is 267 g/mol. The maximum Gasteiger partial charge on any atom is 0.244 e. The molecule has 0 heterocycles. The Morgan fingerprint density at radius 1 is 1.14 bits per heavy atom. The van der Waals surface area contributed by atoms with E-state index in [0.29, 0.717) is 6.54 Å². The third-order valence-electron chi connectivity index (χ3n) is 3.24. The summed E-state index contributed by atoms with van der Waals surface area (Å²) < 4.78 is 12.9. The molecule has 0 bridgehead atoms. The van der Waals surface area contributed by atoms with Crippen molar-refractivity contribution in [1.29, 1.82) is 0 Å². The molecule has 0 unspecified atom stereocenters. The summed E-state index contributed by atoms with van der Waals surface area (Å²) in [6.45, 7) is 2.36. The van der Waals surface area contributed by atoms with Crippen LogP contribution in [0.4, 0.5) is 10.1 Å². The molecule has 4 heteroatoms. The van der Waals surface area contributed by atoms with Gasteiger partial charge in [-0.1, -0.05) is 30.3 Å². The SMILES string of the molecule is C[C@H](Nc1ccc(F)cc1)C(=O)N(C)Cc1ccccc1. The molecule has 1 amide bonds. The zero-order valence-corrected chi connectivity index (χ0v) is 12.2. The van der Waals surface area contributed by atoms with Gasteiger partial charge < -0.3 is 10.2 Å². The first-order chi connectivity index (χ1) is 10.1. The van der Waals surface area contributed by atoms with Gasteiger partial charge in [0.05, 0.1) is 0 Å². The van der Waals surface area contributed by atoms with Crippen molar-refractivity contribution in [2.75, 3.05) is 12.4 Å². The van der Waals surface area contributed by atoms with Crippen LogP contribution >= 0.6 is 0 Å². The topological polar surface area (TPSA) is 32.3 Å². The van der Waals surface area contributed by atoms with E-state index in [1.54, 1.807) is 31.0 Å². The molecule has 21 heavy (non-hydrogen) atoms. The van der Waals surface area contributed by atoms with Crippen LogP contribution in [0, 0.1) is 5.82 Å². The van der Waals surface area contributed by atoms with Crippen molar-refractivity contribution >= 4 is 11.6 Å². The van der Waals surface area contributed by atoms with Crippen LogP contribution in [-0.4, -0.2) is 23.9 Å². The summed E-state index contributed by atoms with van der Waals surface area (Å²) in [6, 6.07) is 15.4. The fourth-order valence-corrected chi connectivity index (χ4v) is 2.12. The number of anilines is 1. The second kappa shape index (κ2) is 6.88. The normalized spacial score (nSPS) is 11.8. The maximum absolute atomic E-state index is 12.9. The van der Waals surface area contributed by atoms with Gasteiger partial charge in [0, 0.05) is 19.3 Å². The van der Waals surface area contributed by atoms with E-state index in [0.717, 1.165) is 11.3 Å². The zero-order valence-electron chi connectivity index (χ0n) is 12.2. The van der Waals surface area contributed by atoms with Gasteiger partial charge in [-0.25, -0.2) is 4.39 Å². The molecule has 0 fully saturated rings. The Labute approximate surface area is 124 Å². The van der Waals surface area contributed by atoms with Crippen molar-refractivity contribution in [3.05, 3.63) is 66.0 Å². The molecule has 0 aromatic heterocycles. The van der Waals surface area contributed by atoms with E-state index in [9.17, 15) is 9.18 Å². The molecule has 110 valence electrons. The Hall–Kier alpha value is -2.36. The predicted molar refractivity (Wildman–Crippen MR) is 82.4 cm³/mol. The van der Waals surface area contributed by atoms with E-state index in [2.05, 4.69) is 5.32 Å². The highest BCUT2D eigenvalue weighted by molar-refractivity contribution is 5.84. The van der Waals surface area contributed by atoms with Gasteiger partial charge in [-0.2, -0.15) is 0 Å². The van der Waals surface area contributed by atoms with E-state index < -0.39 is 0 Å². The van der Waals surface area contributed by atoms with Crippen LogP contribution in [0.1, 0.15) is 12.5 Å². The fraction of sp³-hybridized carbons (Fsp3) is 0.235. The minimum Gasteiger partial charge on any atom is -0.374 e. The molecule has 0 aliphatic carbocycles. The van der Waals surface area contributed by atoms with Crippen LogP contribution in [0.5, 0.6) is 0 Å². The number of carbonyl (C=O) groups is 1. The average Bonchev–Trinajstić information content (AvgIpc) is 2.49. The van der Waals surface area contributed by atoms with Crippen molar-refractivity contribution < 1.29 is 9.18 Å². The third-order valence-corrected chi connectivity index (χ3v) is 3.24. The molecule has 2 aromatic rings. The van der Waals surface area contributed by atoms with Crippen molar-refractivity contribution in [1.82, 2.24) is 4.90 Å². The van der Waals surface area contributed by atoms with Crippen molar-refractivity contribution in [3.63, 3.8) is 0 Å². The summed E-state index contributed by atoms with van der Waals surface area (Å²) in [5.74, 6) is -0.302. The Morgan fingerprint density at radius 3 is 2.38 bits per heavy atom. The van der Waals surface area contributed by atoms with Gasteiger partial charge in [-0.15, -0.1) is 0 Å². The summed E-state index contributed by atoms with van der Waals surface area (Å²) in [5.41, 5.74) is 1.81. The standard InChI is InChI=1S/C17H19FN2O/c1-13(19-16-10-8-15(18)9-11-16)17(21)20(2)12-14-6-4-3-5-7-14/h3-11,13,19H,12H2,1-2H3/t13-/m0/s1. The Morgan fingerprint density at radius 2 is 1.76 bits per heavy atom. The summed E-state index contributed by atoms with van der Waals surface area (Å²) in [4.78, 5) is 14.0. The number of benzene rings is 2. The smallest absolute Gasteiger partial charge is 0.244 e. The highest BCUT2D eigenvalue weighted by Crippen LogP contribution is 2.11. The van der Waals surface area contributed by atoms with Crippen molar-refractivity contribution in [2.24, 2.45) is 0 Å². The lowest BCUT2D eigenvalue weighted by Gasteiger charge is -2.23. The van der Waals surface area contributed by atoms with E-state index in [1.807, 2.05) is 30.3 Å². The molecule has 0 saturated heterocycles. The van der Waals surface area contributed by atoms with E-state index >= 15 is 0 Å². The fourth-order valence-electron chi connectivity index (χ4n) is 2.12. The van der Waals surface area contributed by atoms with Crippen LogP contribution < -0.4 is 5.32 Å². The Bertz CT molecular complexity index is 583. The van der Waals surface area contributed by atoms with E-state index in [4.69, 9.17) is 0 Å². The third kappa shape index (κ3) is 4.31. The average molecular weight is 286 g/mol. The molecule has 1 atom stereocenters. The molecule has 0 radical (unpaired) electrons. The molecule has 0 aliphatic rings. The van der Waals surface area contributed by atoms with Gasteiger partial charge in [-0.05, 0) is 36.8 Å². The number of rotatable bonds is 5. The lowest BCUT2D eigenvalue weighted by molar-refractivity contribution is -0.130. The molecule has 1 N–H and O–H groups in total. The lowest BCUT2D eigenvalue weighted by atomic mass is 10.2. The van der Waals surface area contributed by atoms with Crippen LogP contribution in [-0.2, 0) is 11.3 Å².